The molecule has 0 saturated carbocycles. The van der Waals surface area contributed by atoms with E-state index in [4.69, 9.17) is 0 Å². The van der Waals surface area contributed by atoms with Gasteiger partial charge < -0.3 is 14.8 Å². The van der Waals surface area contributed by atoms with Crippen molar-refractivity contribution >= 4 is 23.1 Å². The zero-order valence-electron chi connectivity index (χ0n) is 13.7. The predicted octanol–water partition coefficient (Wildman–Crippen LogP) is 2.21. The molecule has 0 atom stereocenters. The fourth-order valence-corrected chi connectivity index (χ4v) is 2.55. The first-order chi connectivity index (χ1) is 10.4. The van der Waals surface area contributed by atoms with E-state index in [2.05, 4.69) is 29.0 Å². The van der Waals surface area contributed by atoms with Gasteiger partial charge in [0.05, 0.1) is 0 Å². The minimum absolute atomic E-state index is 0.0364. The van der Waals surface area contributed by atoms with Gasteiger partial charge in [-0.2, -0.15) is 0 Å². The maximum atomic E-state index is 12.0. The molecule has 0 spiro atoms. The van der Waals surface area contributed by atoms with E-state index in [9.17, 15) is 4.79 Å². The largest absolute Gasteiger partial charge is 0.352 e. The average molecular weight is 300 g/mol. The zero-order valence-corrected chi connectivity index (χ0v) is 13.7. The van der Waals surface area contributed by atoms with Crippen LogP contribution < -0.4 is 5.32 Å². The molecular formula is C17H24N4O. The first kappa shape index (κ1) is 16.2. The van der Waals surface area contributed by atoms with Crippen molar-refractivity contribution in [1.82, 2.24) is 19.8 Å². The van der Waals surface area contributed by atoms with Crippen LogP contribution in [0.1, 0.15) is 13.8 Å². The molecule has 0 fully saturated rings. The number of nitrogens with one attached hydrogen (secondary N) is 1. The summed E-state index contributed by atoms with van der Waals surface area (Å²) in [6.07, 6.45) is 6.93. The maximum Gasteiger partial charge on any atom is 0.245 e. The summed E-state index contributed by atoms with van der Waals surface area (Å²) in [5.41, 5.74) is 0.883. The molecule has 2 aromatic heterocycles. The third-order valence-corrected chi connectivity index (χ3v) is 3.35. The molecule has 0 bridgehead atoms. The Hall–Kier alpha value is -2.14. The Morgan fingerprint density at radius 2 is 2.18 bits per heavy atom. The monoisotopic (exact) mass is 300 g/mol. The molecule has 2 heterocycles. The summed E-state index contributed by atoms with van der Waals surface area (Å²) in [5, 5.41) is 4.01. The minimum atomic E-state index is -0.0930. The Kier molecular flexibility index (Phi) is 4.98. The SMILES string of the molecule is CN(C)CC(C)(C)CNC(=O)C=Cn1ccc2cccnc21. The van der Waals surface area contributed by atoms with Crippen molar-refractivity contribution < 1.29 is 4.79 Å². The van der Waals surface area contributed by atoms with Crippen molar-refractivity contribution in [2.24, 2.45) is 5.41 Å². The molecule has 5 heteroatoms. The lowest BCUT2D eigenvalue weighted by atomic mass is 9.93. The third-order valence-electron chi connectivity index (χ3n) is 3.35. The van der Waals surface area contributed by atoms with E-state index in [-0.39, 0.29) is 11.3 Å². The molecule has 0 unspecified atom stereocenters. The van der Waals surface area contributed by atoms with E-state index in [1.165, 1.54) is 0 Å². The molecule has 0 aliphatic heterocycles. The van der Waals surface area contributed by atoms with E-state index < -0.39 is 0 Å². The smallest absolute Gasteiger partial charge is 0.245 e. The fraction of sp³-hybridized carbons (Fsp3) is 0.412. The first-order valence-electron chi connectivity index (χ1n) is 7.40. The van der Waals surface area contributed by atoms with Crippen LogP contribution in [-0.2, 0) is 4.79 Å². The molecule has 22 heavy (non-hydrogen) atoms. The van der Waals surface area contributed by atoms with Crippen LogP contribution in [0.3, 0.4) is 0 Å². The number of amides is 1. The summed E-state index contributed by atoms with van der Waals surface area (Å²) in [6.45, 7) is 5.84. The number of carbonyl (C=O) groups is 1. The van der Waals surface area contributed by atoms with E-state index in [1.807, 2.05) is 43.1 Å². The van der Waals surface area contributed by atoms with Gasteiger partial charge in [0.2, 0.25) is 5.91 Å². The predicted molar refractivity (Wildman–Crippen MR) is 90.4 cm³/mol. The van der Waals surface area contributed by atoms with Crippen LogP contribution in [0, 0.1) is 5.41 Å². The number of hydrogen-bond donors (Lipinski definition) is 1. The second-order valence-corrected chi connectivity index (χ2v) is 6.57. The number of carbonyl (C=O) groups excluding carboxylic acids is 1. The average Bonchev–Trinajstić information content (AvgIpc) is 2.85. The van der Waals surface area contributed by atoms with Gasteiger partial charge in [0.1, 0.15) is 5.65 Å². The highest BCUT2D eigenvalue weighted by Crippen LogP contribution is 2.14. The van der Waals surface area contributed by atoms with Crippen molar-refractivity contribution in [3.05, 3.63) is 36.7 Å². The molecule has 2 aromatic rings. The van der Waals surface area contributed by atoms with E-state index in [1.54, 1.807) is 18.5 Å². The molecular weight excluding hydrogens is 276 g/mol. The van der Waals surface area contributed by atoms with E-state index in [0.29, 0.717) is 6.54 Å². The van der Waals surface area contributed by atoms with Gasteiger partial charge in [0.25, 0.3) is 0 Å². The van der Waals surface area contributed by atoms with Gasteiger partial charge in [-0.15, -0.1) is 0 Å². The molecule has 0 aromatic carbocycles. The summed E-state index contributed by atoms with van der Waals surface area (Å²) in [6, 6.07) is 5.87. The summed E-state index contributed by atoms with van der Waals surface area (Å²) >= 11 is 0. The molecule has 0 aliphatic rings. The zero-order chi connectivity index (χ0) is 16.2. The Bertz CT molecular complexity index is 670. The number of fused-ring (bicyclic) bond motifs is 1. The highest BCUT2D eigenvalue weighted by atomic mass is 16.1. The summed E-state index contributed by atoms with van der Waals surface area (Å²) in [4.78, 5) is 18.4. The number of aromatic nitrogens is 2. The second kappa shape index (κ2) is 6.75. The van der Waals surface area contributed by atoms with Gasteiger partial charge in [-0.1, -0.05) is 13.8 Å². The normalized spacial score (nSPS) is 12.4. The minimum Gasteiger partial charge on any atom is -0.352 e. The highest BCUT2D eigenvalue weighted by molar-refractivity contribution is 5.91. The molecule has 118 valence electrons. The van der Waals surface area contributed by atoms with Crippen LogP contribution in [0.25, 0.3) is 17.2 Å². The van der Waals surface area contributed by atoms with Crippen LogP contribution in [0.15, 0.2) is 36.7 Å². The van der Waals surface area contributed by atoms with Crippen molar-refractivity contribution in [2.45, 2.75) is 13.8 Å². The van der Waals surface area contributed by atoms with Crippen molar-refractivity contribution in [2.75, 3.05) is 27.2 Å². The first-order valence-corrected chi connectivity index (χ1v) is 7.40. The molecule has 0 radical (unpaired) electrons. The second-order valence-electron chi connectivity index (χ2n) is 6.57. The summed E-state index contributed by atoms with van der Waals surface area (Å²) < 4.78 is 1.85. The van der Waals surface area contributed by atoms with Gasteiger partial charge in [0.15, 0.2) is 0 Å². The van der Waals surface area contributed by atoms with Crippen molar-refractivity contribution in [3.8, 4) is 0 Å². The lowest BCUT2D eigenvalue weighted by molar-refractivity contribution is -0.116. The quantitative estimate of drug-likeness (QED) is 0.832. The van der Waals surface area contributed by atoms with Crippen LogP contribution in [0.5, 0.6) is 0 Å². The Morgan fingerprint density at radius 1 is 1.41 bits per heavy atom. The van der Waals surface area contributed by atoms with Crippen LogP contribution in [0.2, 0.25) is 0 Å². The van der Waals surface area contributed by atoms with Gasteiger partial charge in [0, 0.05) is 43.1 Å². The molecule has 2 rings (SSSR count). The van der Waals surface area contributed by atoms with Crippen LogP contribution >= 0.6 is 0 Å². The topological polar surface area (TPSA) is 50.2 Å². The van der Waals surface area contributed by atoms with Crippen molar-refractivity contribution in [3.63, 3.8) is 0 Å². The molecule has 0 saturated heterocycles. The van der Waals surface area contributed by atoms with Crippen LogP contribution in [0.4, 0.5) is 0 Å². The lowest BCUT2D eigenvalue weighted by Gasteiger charge is -2.28. The molecule has 0 aliphatic carbocycles. The number of nitrogens with zero attached hydrogens (tertiary/aromatic N) is 3. The van der Waals surface area contributed by atoms with Gasteiger partial charge in [-0.05, 0) is 37.7 Å². The fourth-order valence-electron chi connectivity index (χ4n) is 2.55. The number of pyridine rings is 1. The van der Waals surface area contributed by atoms with E-state index in [0.717, 1.165) is 17.6 Å². The molecule has 5 nitrogen and oxygen atoms in total. The lowest BCUT2D eigenvalue weighted by Crippen LogP contribution is -2.39. The van der Waals surface area contributed by atoms with Gasteiger partial charge in [-0.3, -0.25) is 4.79 Å². The highest BCUT2D eigenvalue weighted by Gasteiger charge is 2.19. The Labute approximate surface area is 131 Å². The van der Waals surface area contributed by atoms with Gasteiger partial charge >= 0.3 is 0 Å². The number of hydrogen-bond acceptors (Lipinski definition) is 3. The van der Waals surface area contributed by atoms with Crippen molar-refractivity contribution in [1.29, 1.82) is 0 Å². The van der Waals surface area contributed by atoms with Gasteiger partial charge in [-0.25, -0.2) is 4.98 Å². The molecule has 1 amide bonds. The Morgan fingerprint density at radius 3 is 2.91 bits per heavy atom. The Balaban J connectivity index is 1.94. The standard InChI is InChI=1S/C17H24N4O/c1-17(2,13-20(3)4)12-19-15(22)8-11-21-10-7-14-6-5-9-18-16(14)21/h5-11H,12-13H2,1-4H3,(H,19,22). The summed E-state index contributed by atoms with van der Waals surface area (Å²) in [5.74, 6) is -0.0930. The van der Waals surface area contributed by atoms with E-state index >= 15 is 0 Å². The van der Waals surface area contributed by atoms with Crippen LogP contribution in [-0.4, -0.2) is 47.5 Å². The number of rotatable bonds is 6. The third kappa shape index (κ3) is 4.43. The maximum absolute atomic E-state index is 12.0. The molecule has 1 N–H and O–H groups in total. The summed E-state index contributed by atoms with van der Waals surface area (Å²) in [7, 11) is 4.07.